The van der Waals surface area contributed by atoms with Crippen LogP contribution in [-0.4, -0.2) is 45.4 Å². The van der Waals surface area contributed by atoms with Gasteiger partial charge in [0.2, 0.25) is 0 Å². The molecule has 0 aliphatic heterocycles. The molecular weight excluding hydrogens is 218 g/mol. The van der Waals surface area contributed by atoms with Gasteiger partial charge in [-0.2, -0.15) is 0 Å². The molecular formula is C11H21N5O. The third-order valence-corrected chi connectivity index (χ3v) is 2.39. The highest BCUT2D eigenvalue weighted by Crippen LogP contribution is 2.03. The van der Waals surface area contributed by atoms with Crippen LogP contribution in [-0.2, 0) is 6.54 Å². The van der Waals surface area contributed by atoms with Crippen molar-refractivity contribution in [2.75, 3.05) is 19.6 Å². The van der Waals surface area contributed by atoms with Crippen molar-refractivity contribution < 1.29 is 4.79 Å². The van der Waals surface area contributed by atoms with E-state index in [9.17, 15) is 4.79 Å². The Labute approximate surface area is 102 Å². The average Bonchev–Trinajstić information content (AvgIpc) is 2.77. The molecule has 0 bridgehead atoms. The standard InChI is InChI=1S/C11H21N5O/c1-3-6-15(7-4-2)11(17)10-9-16(8-5-12)14-13-10/h9H,3-8,12H2,1-2H3. The summed E-state index contributed by atoms with van der Waals surface area (Å²) in [5, 5.41) is 7.76. The zero-order valence-corrected chi connectivity index (χ0v) is 10.6. The molecule has 96 valence electrons. The van der Waals surface area contributed by atoms with Crippen molar-refractivity contribution in [3.63, 3.8) is 0 Å². The fraction of sp³-hybridized carbons (Fsp3) is 0.727. The van der Waals surface area contributed by atoms with Crippen molar-refractivity contribution in [3.8, 4) is 0 Å². The van der Waals surface area contributed by atoms with Gasteiger partial charge in [-0.1, -0.05) is 19.1 Å². The molecule has 0 atom stereocenters. The summed E-state index contributed by atoms with van der Waals surface area (Å²) in [7, 11) is 0. The van der Waals surface area contributed by atoms with Crippen LogP contribution >= 0.6 is 0 Å². The molecule has 0 aliphatic carbocycles. The Kier molecular flexibility index (Phi) is 5.62. The Hall–Kier alpha value is -1.43. The van der Waals surface area contributed by atoms with Crippen LogP contribution in [0.4, 0.5) is 0 Å². The maximum atomic E-state index is 12.1. The Balaban J connectivity index is 2.70. The van der Waals surface area contributed by atoms with Gasteiger partial charge in [0.25, 0.3) is 5.91 Å². The minimum atomic E-state index is -0.0445. The smallest absolute Gasteiger partial charge is 0.276 e. The first-order valence-corrected chi connectivity index (χ1v) is 6.12. The Morgan fingerprint density at radius 2 is 2.06 bits per heavy atom. The van der Waals surface area contributed by atoms with E-state index in [0.717, 1.165) is 25.9 Å². The van der Waals surface area contributed by atoms with Crippen molar-refractivity contribution in [1.29, 1.82) is 0 Å². The van der Waals surface area contributed by atoms with Gasteiger partial charge in [0.15, 0.2) is 5.69 Å². The largest absolute Gasteiger partial charge is 0.337 e. The van der Waals surface area contributed by atoms with E-state index in [2.05, 4.69) is 24.2 Å². The van der Waals surface area contributed by atoms with Gasteiger partial charge in [0, 0.05) is 19.6 Å². The summed E-state index contributed by atoms with van der Waals surface area (Å²) in [5.74, 6) is -0.0445. The summed E-state index contributed by atoms with van der Waals surface area (Å²) in [6, 6.07) is 0. The van der Waals surface area contributed by atoms with Crippen LogP contribution in [0.5, 0.6) is 0 Å². The molecule has 6 nitrogen and oxygen atoms in total. The fourth-order valence-electron chi connectivity index (χ4n) is 1.65. The second kappa shape index (κ2) is 7.01. The lowest BCUT2D eigenvalue weighted by atomic mass is 10.3. The molecule has 6 heteroatoms. The highest BCUT2D eigenvalue weighted by molar-refractivity contribution is 5.91. The monoisotopic (exact) mass is 239 g/mol. The Bertz CT molecular complexity index is 343. The number of hydrogen-bond acceptors (Lipinski definition) is 4. The third kappa shape index (κ3) is 3.81. The number of amides is 1. The zero-order chi connectivity index (χ0) is 12.7. The molecule has 0 fully saturated rings. The van der Waals surface area contributed by atoms with Crippen molar-refractivity contribution in [1.82, 2.24) is 19.9 Å². The Morgan fingerprint density at radius 3 is 2.59 bits per heavy atom. The van der Waals surface area contributed by atoms with E-state index in [-0.39, 0.29) is 5.91 Å². The van der Waals surface area contributed by atoms with Gasteiger partial charge in [0.05, 0.1) is 12.7 Å². The lowest BCUT2D eigenvalue weighted by Crippen LogP contribution is -2.32. The van der Waals surface area contributed by atoms with Gasteiger partial charge in [-0.3, -0.25) is 9.48 Å². The van der Waals surface area contributed by atoms with Crippen molar-refractivity contribution in [2.24, 2.45) is 5.73 Å². The van der Waals surface area contributed by atoms with Crippen molar-refractivity contribution >= 4 is 5.91 Å². The molecule has 2 N–H and O–H groups in total. The van der Waals surface area contributed by atoms with Crippen LogP contribution in [0.25, 0.3) is 0 Å². The quantitative estimate of drug-likeness (QED) is 0.751. The predicted octanol–water partition coefficient (Wildman–Crippen LogP) is 0.499. The van der Waals surface area contributed by atoms with Gasteiger partial charge in [-0.25, -0.2) is 0 Å². The zero-order valence-electron chi connectivity index (χ0n) is 10.6. The molecule has 0 saturated carbocycles. The van der Waals surface area contributed by atoms with E-state index in [1.54, 1.807) is 10.9 Å². The van der Waals surface area contributed by atoms with E-state index >= 15 is 0 Å². The molecule has 0 unspecified atom stereocenters. The van der Waals surface area contributed by atoms with Gasteiger partial charge in [-0.15, -0.1) is 5.10 Å². The summed E-state index contributed by atoms with van der Waals surface area (Å²) >= 11 is 0. The molecule has 1 rings (SSSR count). The average molecular weight is 239 g/mol. The van der Waals surface area contributed by atoms with E-state index < -0.39 is 0 Å². The molecule has 0 radical (unpaired) electrons. The highest BCUT2D eigenvalue weighted by Gasteiger charge is 2.17. The summed E-state index contributed by atoms with van der Waals surface area (Å²) in [6.07, 6.45) is 3.55. The number of carbonyl (C=O) groups is 1. The molecule has 0 saturated heterocycles. The highest BCUT2D eigenvalue weighted by atomic mass is 16.2. The van der Waals surface area contributed by atoms with E-state index in [1.165, 1.54) is 0 Å². The van der Waals surface area contributed by atoms with Crippen LogP contribution in [0, 0.1) is 0 Å². The molecule has 1 aromatic heterocycles. The number of hydrogen-bond donors (Lipinski definition) is 1. The first kappa shape index (κ1) is 13.6. The first-order valence-electron chi connectivity index (χ1n) is 6.12. The van der Waals surface area contributed by atoms with E-state index in [0.29, 0.717) is 18.8 Å². The van der Waals surface area contributed by atoms with Gasteiger partial charge in [-0.05, 0) is 12.8 Å². The number of carbonyl (C=O) groups excluding carboxylic acids is 1. The van der Waals surface area contributed by atoms with Crippen molar-refractivity contribution in [2.45, 2.75) is 33.2 Å². The van der Waals surface area contributed by atoms with Gasteiger partial charge >= 0.3 is 0 Å². The summed E-state index contributed by atoms with van der Waals surface area (Å²) in [5.41, 5.74) is 5.82. The maximum Gasteiger partial charge on any atom is 0.276 e. The second-order valence-electron chi connectivity index (χ2n) is 3.95. The fourth-order valence-corrected chi connectivity index (χ4v) is 1.65. The SMILES string of the molecule is CCCN(CCC)C(=O)c1cn(CCN)nn1. The van der Waals surface area contributed by atoms with E-state index in [4.69, 9.17) is 5.73 Å². The number of nitrogens with zero attached hydrogens (tertiary/aromatic N) is 4. The van der Waals surface area contributed by atoms with Crippen molar-refractivity contribution in [3.05, 3.63) is 11.9 Å². The van der Waals surface area contributed by atoms with Crippen LogP contribution in [0.3, 0.4) is 0 Å². The molecule has 1 heterocycles. The molecule has 0 aliphatic rings. The van der Waals surface area contributed by atoms with E-state index in [1.807, 2.05) is 4.90 Å². The molecule has 0 aromatic carbocycles. The predicted molar refractivity (Wildman–Crippen MR) is 65.6 cm³/mol. The van der Waals surface area contributed by atoms with Crippen LogP contribution in [0.2, 0.25) is 0 Å². The van der Waals surface area contributed by atoms with Gasteiger partial charge < -0.3 is 10.6 Å². The first-order chi connectivity index (χ1) is 8.22. The molecule has 0 spiro atoms. The third-order valence-electron chi connectivity index (χ3n) is 2.39. The topological polar surface area (TPSA) is 77.0 Å². The maximum absolute atomic E-state index is 12.1. The summed E-state index contributed by atoms with van der Waals surface area (Å²) < 4.78 is 1.60. The number of aromatic nitrogens is 3. The molecule has 17 heavy (non-hydrogen) atoms. The lowest BCUT2D eigenvalue weighted by Gasteiger charge is -2.19. The van der Waals surface area contributed by atoms with Crippen LogP contribution in [0.15, 0.2) is 6.20 Å². The minimum absolute atomic E-state index is 0.0445. The number of rotatable bonds is 7. The van der Waals surface area contributed by atoms with Crippen LogP contribution < -0.4 is 5.73 Å². The normalized spacial score (nSPS) is 10.5. The molecule has 1 aromatic rings. The number of nitrogens with two attached hydrogens (primary N) is 1. The lowest BCUT2D eigenvalue weighted by molar-refractivity contribution is 0.0749. The summed E-state index contributed by atoms with van der Waals surface area (Å²) in [4.78, 5) is 13.9. The van der Waals surface area contributed by atoms with Crippen LogP contribution in [0.1, 0.15) is 37.2 Å². The Morgan fingerprint density at radius 1 is 1.41 bits per heavy atom. The minimum Gasteiger partial charge on any atom is -0.337 e. The van der Waals surface area contributed by atoms with Gasteiger partial charge in [0.1, 0.15) is 0 Å². The molecule has 1 amide bonds. The summed E-state index contributed by atoms with van der Waals surface area (Å²) in [6.45, 7) is 6.71. The second-order valence-corrected chi connectivity index (χ2v) is 3.95.